The minimum absolute atomic E-state index is 0.0625. The molecule has 0 spiro atoms. The zero-order chi connectivity index (χ0) is 26.7. The number of anilines is 1. The van der Waals surface area contributed by atoms with Gasteiger partial charge in [-0.25, -0.2) is 9.78 Å². The Balaban J connectivity index is 1.78. The number of fused-ring (bicyclic) bond motifs is 1. The van der Waals surface area contributed by atoms with Gasteiger partial charge in [0.05, 0.1) is 23.4 Å². The molecular formula is C25H33F3N4O4. The van der Waals surface area contributed by atoms with E-state index in [-0.39, 0.29) is 25.0 Å². The first kappa shape index (κ1) is 27.3. The molecule has 0 bridgehead atoms. The number of rotatable bonds is 7. The maximum atomic E-state index is 13.3. The number of hydrogen-bond donors (Lipinski definition) is 1. The Bertz CT molecular complexity index is 1120. The lowest BCUT2D eigenvalue weighted by Gasteiger charge is -2.31. The molecule has 1 aromatic heterocycles. The quantitative estimate of drug-likeness (QED) is 0.598. The molecule has 1 aliphatic rings. The monoisotopic (exact) mass is 510 g/mol. The van der Waals surface area contributed by atoms with Gasteiger partial charge >= 0.3 is 12.3 Å². The second-order valence-corrected chi connectivity index (χ2v) is 10.2. The molecule has 3 rings (SSSR count). The van der Waals surface area contributed by atoms with E-state index in [0.717, 1.165) is 16.9 Å². The van der Waals surface area contributed by atoms with Crippen LogP contribution in [-0.2, 0) is 30.3 Å². The number of amides is 1. The zero-order valence-corrected chi connectivity index (χ0v) is 21.2. The molecule has 0 radical (unpaired) electrons. The molecule has 2 heterocycles. The summed E-state index contributed by atoms with van der Waals surface area (Å²) in [5, 5.41) is 3.09. The molecule has 1 aliphatic heterocycles. The lowest BCUT2D eigenvalue weighted by Crippen LogP contribution is -2.44. The molecule has 1 amide bonds. The van der Waals surface area contributed by atoms with Crippen molar-refractivity contribution in [2.75, 3.05) is 25.0 Å². The summed E-state index contributed by atoms with van der Waals surface area (Å²) in [6, 6.07) is 4.95. The van der Waals surface area contributed by atoms with Gasteiger partial charge in [-0.2, -0.15) is 13.2 Å². The SMILES string of the molecule is CC(C)COn1c(NCCc2ccc(C(F)(F)F)cc2)nc2c(c1=O)CN(C(=O)OC(C)(C)C)CC2. The molecule has 0 saturated heterocycles. The maximum Gasteiger partial charge on any atom is 0.416 e. The molecule has 0 fully saturated rings. The molecular weight excluding hydrogens is 477 g/mol. The lowest BCUT2D eigenvalue weighted by atomic mass is 10.1. The molecule has 2 aromatic rings. The van der Waals surface area contributed by atoms with Crippen molar-refractivity contribution in [2.45, 2.75) is 65.8 Å². The normalized spacial score (nSPS) is 14.0. The number of hydrogen-bond acceptors (Lipinski definition) is 6. The fourth-order valence-corrected chi connectivity index (χ4v) is 3.58. The molecule has 0 unspecified atom stereocenters. The first-order valence-electron chi connectivity index (χ1n) is 11.9. The second kappa shape index (κ2) is 10.8. The maximum absolute atomic E-state index is 13.3. The van der Waals surface area contributed by atoms with Crippen LogP contribution in [0, 0.1) is 5.92 Å². The van der Waals surface area contributed by atoms with Crippen molar-refractivity contribution in [3.8, 4) is 0 Å². The summed E-state index contributed by atoms with van der Waals surface area (Å²) in [5.74, 6) is 0.364. The standard InChI is InChI=1S/C25H33F3N4O4/c1-16(2)15-35-32-21(33)19-14-31(23(34)36-24(3,4)5)13-11-20(19)30-22(32)29-12-10-17-6-8-18(9-7-17)25(26,27)28/h6-9,16H,10-15H2,1-5H3,(H,29,30). The van der Waals surface area contributed by atoms with Gasteiger partial charge in [-0.15, -0.1) is 4.73 Å². The van der Waals surface area contributed by atoms with Crippen molar-refractivity contribution in [3.05, 3.63) is 57.0 Å². The number of halogens is 3. The molecule has 0 aliphatic carbocycles. The van der Waals surface area contributed by atoms with Crippen molar-refractivity contribution in [2.24, 2.45) is 5.92 Å². The minimum Gasteiger partial charge on any atom is -0.444 e. The van der Waals surface area contributed by atoms with Crippen LogP contribution in [0.2, 0.25) is 0 Å². The van der Waals surface area contributed by atoms with E-state index in [0.29, 0.717) is 42.8 Å². The highest BCUT2D eigenvalue weighted by atomic mass is 19.4. The Kier molecular flexibility index (Phi) is 8.20. The minimum atomic E-state index is -4.38. The second-order valence-electron chi connectivity index (χ2n) is 10.2. The lowest BCUT2D eigenvalue weighted by molar-refractivity contribution is -0.137. The van der Waals surface area contributed by atoms with Crippen molar-refractivity contribution < 1.29 is 27.5 Å². The van der Waals surface area contributed by atoms with E-state index in [1.165, 1.54) is 17.0 Å². The van der Waals surface area contributed by atoms with Crippen LogP contribution in [0.3, 0.4) is 0 Å². The Hall–Kier alpha value is -3.24. The van der Waals surface area contributed by atoms with E-state index in [1.807, 2.05) is 13.8 Å². The topological polar surface area (TPSA) is 85.7 Å². The number of carbonyl (C=O) groups is 1. The molecule has 198 valence electrons. The van der Waals surface area contributed by atoms with Crippen LogP contribution in [0.1, 0.15) is 57.0 Å². The molecule has 8 nitrogen and oxygen atoms in total. The number of ether oxygens (including phenoxy) is 1. The van der Waals surface area contributed by atoms with Gasteiger partial charge in [0.1, 0.15) is 12.2 Å². The van der Waals surface area contributed by atoms with Crippen LogP contribution in [0.25, 0.3) is 0 Å². The summed E-state index contributed by atoms with van der Waals surface area (Å²) in [5.41, 5.74) is -0.126. The van der Waals surface area contributed by atoms with Gasteiger partial charge in [-0.1, -0.05) is 26.0 Å². The van der Waals surface area contributed by atoms with Gasteiger partial charge in [0.15, 0.2) is 0 Å². The average molecular weight is 511 g/mol. The highest BCUT2D eigenvalue weighted by Gasteiger charge is 2.31. The third kappa shape index (κ3) is 7.14. The Morgan fingerprint density at radius 2 is 1.83 bits per heavy atom. The van der Waals surface area contributed by atoms with Gasteiger partial charge in [-0.05, 0) is 50.8 Å². The first-order valence-corrected chi connectivity index (χ1v) is 11.9. The van der Waals surface area contributed by atoms with E-state index in [4.69, 9.17) is 9.57 Å². The largest absolute Gasteiger partial charge is 0.444 e. The van der Waals surface area contributed by atoms with Crippen molar-refractivity contribution in [3.63, 3.8) is 0 Å². The van der Waals surface area contributed by atoms with Crippen LogP contribution in [0.4, 0.5) is 23.9 Å². The Morgan fingerprint density at radius 3 is 2.42 bits per heavy atom. The Labute approximate surface area is 208 Å². The molecule has 0 saturated carbocycles. The summed E-state index contributed by atoms with van der Waals surface area (Å²) in [4.78, 5) is 37.7. The third-order valence-electron chi connectivity index (χ3n) is 5.36. The predicted molar refractivity (Wildman–Crippen MR) is 129 cm³/mol. The molecule has 1 aromatic carbocycles. The smallest absolute Gasteiger partial charge is 0.416 e. The van der Waals surface area contributed by atoms with Gasteiger partial charge < -0.3 is 19.8 Å². The fraction of sp³-hybridized carbons (Fsp3) is 0.560. The molecule has 1 N–H and O–H groups in total. The van der Waals surface area contributed by atoms with Crippen LogP contribution in [-0.4, -0.2) is 46.0 Å². The predicted octanol–water partition coefficient (Wildman–Crippen LogP) is 4.29. The van der Waals surface area contributed by atoms with Crippen LogP contribution in [0.15, 0.2) is 29.1 Å². The summed E-state index contributed by atoms with van der Waals surface area (Å²) in [6.45, 7) is 10.2. The summed E-state index contributed by atoms with van der Waals surface area (Å²) in [6.07, 6.45) is -4.09. The average Bonchev–Trinajstić information content (AvgIpc) is 2.77. The van der Waals surface area contributed by atoms with Gasteiger partial charge in [-0.3, -0.25) is 4.79 Å². The van der Waals surface area contributed by atoms with Crippen LogP contribution >= 0.6 is 0 Å². The number of nitrogens with zero attached hydrogens (tertiary/aromatic N) is 3. The van der Waals surface area contributed by atoms with E-state index in [2.05, 4.69) is 10.3 Å². The van der Waals surface area contributed by atoms with Gasteiger partial charge in [0, 0.05) is 19.5 Å². The van der Waals surface area contributed by atoms with Crippen molar-refractivity contribution in [1.82, 2.24) is 14.6 Å². The van der Waals surface area contributed by atoms with Gasteiger partial charge in [0.2, 0.25) is 5.95 Å². The first-order chi connectivity index (χ1) is 16.7. The molecule has 36 heavy (non-hydrogen) atoms. The number of benzene rings is 1. The summed E-state index contributed by atoms with van der Waals surface area (Å²) in [7, 11) is 0. The summed E-state index contributed by atoms with van der Waals surface area (Å²) < 4.78 is 44.9. The molecule has 0 atom stereocenters. The van der Waals surface area contributed by atoms with Crippen molar-refractivity contribution >= 4 is 12.0 Å². The highest BCUT2D eigenvalue weighted by Crippen LogP contribution is 2.29. The Morgan fingerprint density at radius 1 is 1.17 bits per heavy atom. The third-order valence-corrected chi connectivity index (χ3v) is 5.36. The summed E-state index contributed by atoms with van der Waals surface area (Å²) >= 11 is 0. The van der Waals surface area contributed by atoms with Crippen LogP contribution in [0.5, 0.6) is 0 Å². The number of aromatic nitrogens is 2. The van der Waals surface area contributed by atoms with Crippen molar-refractivity contribution in [1.29, 1.82) is 0 Å². The van der Waals surface area contributed by atoms with E-state index in [1.54, 1.807) is 20.8 Å². The number of nitrogens with one attached hydrogen (secondary N) is 1. The number of carbonyl (C=O) groups excluding carboxylic acids is 1. The highest BCUT2D eigenvalue weighted by molar-refractivity contribution is 5.68. The fourth-order valence-electron chi connectivity index (χ4n) is 3.58. The van der Waals surface area contributed by atoms with Gasteiger partial charge in [0.25, 0.3) is 5.56 Å². The van der Waals surface area contributed by atoms with E-state index < -0.39 is 29.0 Å². The van der Waals surface area contributed by atoms with Crippen LogP contribution < -0.4 is 15.7 Å². The zero-order valence-electron chi connectivity index (χ0n) is 21.2. The van der Waals surface area contributed by atoms with E-state index in [9.17, 15) is 22.8 Å². The van der Waals surface area contributed by atoms with E-state index >= 15 is 0 Å². The molecule has 11 heteroatoms. The number of alkyl halides is 3.